The van der Waals surface area contributed by atoms with Crippen molar-refractivity contribution in [1.82, 2.24) is 4.98 Å². The number of carbonyl (C=O) groups is 1. The molecule has 28 heavy (non-hydrogen) atoms. The van der Waals surface area contributed by atoms with Gasteiger partial charge >= 0.3 is 0 Å². The molecule has 1 aliphatic rings. The van der Waals surface area contributed by atoms with E-state index in [1.165, 1.54) is 18.2 Å². The van der Waals surface area contributed by atoms with Crippen LogP contribution >= 0.6 is 22.9 Å². The van der Waals surface area contributed by atoms with Crippen LogP contribution in [0.15, 0.2) is 34.4 Å². The molecule has 1 aromatic heterocycles. The Hall–Kier alpha value is -2.08. The molecule has 2 aromatic rings. The highest BCUT2D eigenvalue weighted by molar-refractivity contribution is 7.90. The highest BCUT2D eigenvalue weighted by atomic mass is 35.5. The zero-order valence-electron chi connectivity index (χ0n) is 14.5. The van der Waals surface area contributed by atoms with Crippen molar-refractivity contribution in [2.45, 2.75) is 17.4 Å². The Kier molecular flexibility index (Phi) is 6.28. The van der Waals surface area contributed by atoms with Crippen LogP contribution < -0.4 is 5.32 Å². The molecule has 12 heteroatoms. The van der Waals surface area contributed by atoms with Gasteiger partial charge in [-0.1, -0.05) is 34.2 Å². The van der Waals surface area contributed by atoms with E-state index < -0.39 is 20.9 Å². The number of amides is 1. The van der Waals surface area contributed by atoms with Crippen LogP contribution in [0.25, 0.3) is 0 Å². The Morgan fingerprint density at radius 2 is 2.29 bits per heavy atom. The van der Waals surface area contributed by atoms with Gasteiger partial charge < -0.3 is 9.57 Å². The lowest BCUT2D eigenvalue weighted by atomic mass is 10.1. The molecule has 8 nitrogen and oxygen atoms in total. The molecule has 150 valence electrons. The van der Waals surface area contributed by atoms with Gasteiger partial charge in [0.05, 0.1) is 29.3 Å². The molecular weight excluding hydrogens is 433 g/mol. The minimum Gasteiger partial charge on any atom is -0.389 e. The van der Waals surface area contributed by atoms with E-state index in [0.717, 1.165) is 12.5 Å². The summed E-state index contributed by atoms with van der Waals surface area (Å²) in [6.45, 7) is 0.860. The summed E-state index contributed by atoms with van der Waals surface area (Å²) >= 11 is 6.72. The number of anilines is 1. The lowest BCUT2D eigenvalue weighted by molar-refractivity contribution is -0.110. The van der Waals surface area contributed by atoms with E-state index >= 15 is 0 Å². The molecule has 1 atom stereocenters. The van der Waals surface area contributed by atoms with E-state index in [4.69, 9.17) is 21.2 Å². The van der Waals surface area contributed by atoms with E-state index in [-0.39, 0.29) is 32.4 Å². The van der Waals surface area contributed by atoms with Crippen molar-refractivity contribution in [3.8, 4) is 0 Å². The SMILES string of the molecule is CS(=O)(=O)c1ccc(C(=NOC2CCOC2)C(=O)Nc2ncc(F)s2)cc1Cl. The number of halogens is 2. The third-order valence-electron chi connectivity index (χ3n) is 3.70. The quantitative estimate of drug-likeness (QED) is 0.538. The van der Waals surface area contributed by atoms with Crippen LogP contribution in [0, 0.1) is 5.13 Å². The summed E-state index contributed by atoms with van der Waals surface area (Å²) < 4.78 is 41.8. The summed E-state index contributed by atoms with van der Waals surface area (Å²) in [5, 5.41) is 5.75. The third-order valence-corrected chi connectivity index (χ3v) is 5.98. The van der Waals surface area contributed by atoms with Crippen molar-refractivity contribution < 1.29 is 27.2 Å². The number of hydrogen-bond donors (Lipinski definition) is 1. The van der Waals surface area contributed by atoms with E-state index in [2.05, 4.69) is 15.5 Å². The maximum Gasteiger partial charge on any atom is 0.280 e. The second-order valence-electron chi connectivity index (χ2n) is 5.87. The number of benzene rings is 1. The summed E-state index contributed by atoms with van der Waals surface area (Å²) in [5.74, 6) is -0.712. The van der Waals surface area contributed by atoms with Gasteiger partial charge in [-0.05, 0) is 12.1 Å². The Balaban J connectivity index is 1.92. The lowest BCUT2D eigenvalue weighted by Gasteiger charge is -2.11. The standard InChI is InChI=1S/C16H15ClFN3O5S2/c1-28(23,24)12-3-2-9(6-11(12)17)14(21-26-10-4-5-25-8-10)15(22)20-16-19-7-13(18)27-16/h2-3,6-7,10H,4-5,8H2,1H3,(H,19,20,22). The number of ether oxygens (including phenoxy) is 1. The zero-order valence-corrected chi connectivity index (χ0v) is 16.9. The molecule has 3 rings (SSSR count). The maximum absolute atomic E-state index is 13.1. The second kappa shape index (κ2) is 8.52. The van der Waals surface area contributed by atoms with Crippen LogP contribution in [-0.4, -0.2) is 50.6 Å². The highest BCUT2D eigenvalue weighted by Crippen LogP contribution is 2.24. The Morgan fingerprint density at radius 3 is 2.86 bits per heavy atom. The fourth-order valence-corrected chi connectivity index (χ4v) is 4.23. The molecule has 0 saturated carbocycles. The molecule has 0 radical (unpaired) electrons. The van der Waals surface area contributed by atoms with Crippen molar-refractivity contribution in [2.24, 2.45) is 5.16 Å². The molecule has 2 heterocycles. The van der Waals surface area contributed by atoms with Crippen molar-refractivity contribution in [1.29, 1.82) is 0 Å². The molecule has 0 bridgehead atoms. The largest absolute Gasteiger partial charge is 0.389 e. The number of nitrogens with zero attached hydrogens (tertiary/aromatic N) is 2. The molecular formula is C16H15ClFN3O5S2. The first-order valence-electron chi connectivity index (χ1n) is 7.98. The van der Waals surface area contributed by atoms with Gasteiger partial charge in [-0.15, -0.1) is 0 Å². The number of aromatic nitrogens is 1. The average molecular weight is 448 g/mol. The van der Waals surface area contributed by atoms with Crippen molar-refractivity contribution in [3.05, 3.63) is 40.1 Å². The summed E-state index contributed by atoms with van der Waals surface area (Å²) in [6.07, 6.45) is 2.30. The summed E-state index contributed by atoms with van der Waals surface area (Å²) in [5.41, 5.74) is 0.0651. The Bertz CT molecular complexity index is 1020. The number of hydrogen-bond acceptors (Lipinski definition) is 8. The van der Waals surface area contributed by atoms with Crippen LogP contribution in [0.2, 0.25) is 5.02 Å². The van der Waals surface area contributed by atoms with Gasteiger partial charge in [0.25, 0.3) is 5.91 Å². The van der Waals surface area contributed by atoms with Gasteiger partial charge in [0, 0.05) is 18.2 Å². The number of carbonyl (C=O) groups excluding carboxylic acids is 1. The summed E-state index contributed by atoms with van der Waals surface area (Å²) in [7, 11) is -3.54. The summed E-state index contributed by atoms with van der Waals surface area (Å²) in [6, 6.07) is 3.96. The smallest absolute Gasteiger partial charge is 0.280 e. The topological polar surface area (TPSA) is 107 Å². The molecule has 1 amide bonds. The second-order valence-corrected chi connectivity index (χ2v) is 9.24. The van der Waals surface area contributed by atoms with Crippen LogP contribution in [-0.2, 0) is 24.2 Å². The number of nitrogens with one attached hydrogen (secondary N) is 1. The molecule has 0 aliphatic carbocycles. The Morgan fingerprint density at radius 1 is 1.50 bits per heavy atom. The number of rotatable bonds is 6. The fraction of sp³-hybridized carbons (Fsp3) is 0.312. The predicted octanol–water partition coefficient (Wildman–Crippen LogP) is 2.49. The first kappa shape index (κ1) is 20.6. The molecule has 1 aliphatic heterocycles. The van der Waals surface area contributed by atoms with Gasteiger partial charge in [-0.3, -0.25) is 10.1 Å². The van der Waals surface area contributed by atoms with Gasteiger partial charge in [0.2, 0.25) is 0 Å². The first-order chi connectivity index (χ1) is 13.2. The van der Waals surface area contributed by atoms with Crippen LogP contribution in [0.4, 0.5) is 9.52 Å². The van der Waals surface area contributed by atoms with E-state index in [0.29, 0.717) is 31.0 Å². The van der Waals surface area contributed by atoms with E-state index in [9.17, 15) is 17.6 Å². The molecule has 1 aromatic carbocycles. The molecule has 1 N–H and O–H groups in total. The minimum absolute atomic E-state index is 0.0400. The number of oxime groups is 1. The van der Waals surface area contributed by atoms with Gasteiger partial charge in [0.15, 0.2) is 31.9 Å². The van der Waals surface area contributed by atoms with Gasteiger partial charge in [0.1, 0.15) is 0 Å². The molecule has 0 spiro atoms. The molecule has 1 unspecified atom stereocenters. The van der Waals surface area contributed by atoms with Crippen molar-refractivity contribution in [2.75, 3.05) is 24.8 Å². The van der Waals surface area contributed by atoms with Gasteiger partial charge in [-0.25, -0.2) is 13.4 Å². The number of sulfone groups is 1. The van der Waals surface area contributed by atoms with Crippen LogP contribution in [0.5, 0.6) is 0 Å². The lowest BCUT2D eigenvalue weighted by Crippen LogP contribution is -2.25. The normalized spacial score (nSPS) is 17.5. The monoisotopic (exact) mass is 447 g/mol. The summed E-state index contributed by atoms with van der Waals surface area (Å²) in [4.78, 5) is 21.7. The third kappa shape index (κ3) is 5.04. The Labute approximate surface area is 169 Å². The predicted molar refractivity (Wildman–Crippen MR) is 102 cm³/mol. The van der Waals surface area contributed by atoms with Gasteiger partial charge in [-0.2, -0.15) is 4.39 Å². The average Bonchev–Trinajstić information content (AvgIpc) is 3.26. The van der Waals surface area contributed by atoms with Crippen LogP contribution in [0.1, 0.15) is 12.0 Å². The van der Waals surface area contributed by atoms with Crippen molar-refractivity contribution in [3.63, 3.8) is 0 Å². The minimum atomic E-state index is -3.54. The first-order valence-corrected chi connectivity index (χ1v) is 11.1. The zero-order chi connectivity index (χ0) is 20.3. The molecule has 1 saturated heterocycles. The highest BCUT2D eigenvalue weighted by Gasteiger charge is 2.22. The fourth-order valence-electron chi connectivity index (χ4n) is 2.37. The van der Waals surface area contributed by atoms with Crippen LogP contribution in [0.3, 0.4) is 0 Å². The molecule has 1 fully saturated rings. The van der Waals surface area contributed by atoms with Crippen molar-refractivity contribution >= 4 is 49.5 Å². The van der Waals surface area contributed by atoms with E-state index in [1.807, 2.05) is 0 Å². The maximum atomic E-state index is 13.1. The number of thiazole rings is 1. The van der Waals surface area contributed by atoms with E-state index in [1.54, 1.807) is 0 Å².